The van der Waals surface area contributed by atoms with Crippen LogP contribution < -0.4 is 10.5 Å². The first-order valence-corrected chi connectivity index (χ1v) is 9.53. The summed E-state index contributed by atoms with van der Waals surface area (Å²) in [5.74, 6) is 0. The molecule has 1 aromatic rings. The summed E-state index contributed by atoms with van der Waals surface area (Å²) < 4.78 is 27.3. The molecule has 0 bridgehead atoms. The van der Waals surface area contributed by atoms with Crippen LogP contribution in [-0.4, -0.2) is 26.0 Å². The summed E-state index contributed by atoms with van der Waals surface area (Å²) in [4.78, 5) is 0.0286. The Morgan fingerprint density at radius 1 is 1.40 bits per heavy atom. The van der Waals surface area contributed by atoms with E-state index >= 15 is 0 Å². The van der Waals surface area contributed by atoms with E-state index in [9.17, 15) is 8.42 Å². The van der Waals surface area contributed by atoms with Gasteiger partial charge >= 0.3 is 0 Å². The lowest BCUT2D eigenvalue weighted by Crippen LogP contribution is -2.32. The van der Waals surface area contributed by atoms with Gasteiger partial charge in [-0.25, -0.2) is 13.1 Å². The Kier molecular flexibility index (Phi) is 4.94. The van der Waals surface area contributed by atoms with Crippen molar-refractivity contribution in [2.75, 3.05) is 12.8 Å². The van der Waals surface area contributed by atoms with Gasteiger partial charge in [0.1, 0.15) is 4.90 Å². The summed E-state index contributed by atoms with van der Waals surface area (Å²) in [6, 6.07) is 2.91. The third kappa shape index (κ3) is 3.26. The minimum Gasteiger partial charge on any atom is -0.326 e. The standard InChI is InChI=1S/C12H16Cl2N2O2S2/c1-19-12(4-5-12)7-16-20(17,18)10-3-2-9(13)8(6-15)11(10)14/h2-3,16H,4-7,15H2,1H3. The first-order valence-electron chi connectivity index (χ1n) is 6.07. The van der Waals surface area contributed by atoms with Crippen molar-refractivity contribution in [2.24, 2.45) is 5.73 Å². The Labute approximate surface area is 133 Å². The monoisotopic (exact) mass is 354 g/mol. The molecule has 0 radical (unpaired) electrons. The van der Waals surface area contributed by atoms with Gasteiger partial charge in [-0.2, -0.15) is 11.8 Å². The zero-order valence-corrected chi connectivity index (χ0v) is 14.1. The van der Waals surface area contributed by atoms with Crippen LogP contribution in [0.2, 0.25) is 10.0 Å². The highest BCUT2D eigenvalue weighted by Crippen LogP contribution is 2.46. The molecule has 1 fully saturated rings. The molecule has 0 aliphatic heterocycles. The van der Waals surface area contributed by atoms with Crippen LogP contribution in [0.15, 0.2) is 17.0 Å². The number of benzene rings is 1. The quantitative estimate of drug-likeness (QED) is 0.823. The van der Waals surface area contributed by atoms with E-state index in [1.54, 1.807) is 11.8 Å². The maximum atomic E-state index is 12.3. The van der Waals surface area contributed by atoms with Crippen LogP contribution in [0.3, 0.4) is 0 Å². The molecule has 0 unspecified atom stereocenters. The summed E-state index contributed by atoms with van der Waals surface area (Å²) in [6.07, 6.45) is 4.04. The van der Waals surface area contributed by atoms with Crippen LogP contribution in [0, 0.1) is 0 Å². The second-order valence-electron chi connectivity index (χ2n) is 4.75. The highest BCUT2D eigenvalue weighted by atomic mass is 35.5. The normalized spacial score (nSPS) is 17.2. The molecule has 1 aliphatic rings. The van der Waals surface area contributed by atoms with Gasteiger partial charge in [0.25, 0.3) is 0 Å². The van der Waals surface area contributed by atoms with Crippen molar-refractivity contribution >= 4 is 45.0 Å². The number of rotatable bonds is 6. The molecule has 8 heteroatoms. The summed E-state index contributed by atoms with van der Waals surface area (Å²) in [7, 11) is -3.65. The van der Waals surface area contributed by atoms with Crippen molar-refractivity contribution < 1.29 is 8.42 Å². The molecule has 0 atom stereocenters. The fraction of sp³-hybridized carbons (Fsp3) is 0.500. The van der Waals surface area contributed by atoms with E-state index in [4.69, 9.17) is 28.9 Å². The first-order chi connectivity index (χ1) is 9.35. The number of nitrogens with one attached hydrogen (secondary N) is 1. The number of halogens is 2. The molecule has 4 nitrogen and oxygen atoms in total. The lowest BCUT2D eigenvalue weighted by molar-refractivity contribution is 0.579. The van der Waals surface area contributed by atoms with Gasteiger partial charge in [0.15, 0.2) is 0 Å². The number of thioether (sulfide) groups is 1. The Balaban J connectivity index is 2.26. The van der Waals surface area contributed by atoms with Crippen LogP contribution in [0.25, 0.3) is 0 Å². The molecule has 112 valence electrons. The van der Waals surface area contributed by atoms with E-state index < -0.39 is 10.0 Å². The molecule has 20 heavy (non-hydrogen) atoms. The molecular weight excluding hydrogens is 339 g/mol. The largest absolute Gasteiger partial charge is 0.326 e. The topological polar surface area (TPSA) is 72.2 Å². The maximum absolute atomic E-state index is 12.3. The van der Waals surface area contributed by atoms with Gasteiger partial charge in [0.05, 0.1) is 5.02 Å². The lowest BCUT2D eigenvalue weighted by atomic mass is 10.2. The van der Waals surface area contributed by atoms with Gasteiger partial charge in [-0.15, -0.1) is 0 Å². The van der Waals surface area contributed by atoms with Gasteiger partial charge in [-0.05, 0) is 31.2 Å². The van der Waals surface area contributed by atoms with Gasteiger partial charge in [0, 0.05) is 28.4 Å². The number of nitrogens with two attached hydrogens (primary N) is 1. The predicted molar refractivity (Wildman–Crippen MR) is 85.0 cm³/mol. The van der Waals surface area contributed by atoms with Gasteiger partial charge in [-0.3, -0.25) is 0 Å². The Morgan fingerprint density at radius 2 is 2.05 bits per heavy atom. The van der Waals surface area contributed by atoms with Crippen LogP contribution in [0.5, 0.6) is 0 Å². The SMILES string of the molecule is CSC1(CNS(=O)(=O)c2ccc(Cl)c(CN)c2Cl)CC1. The Morgan fingerprint density at radius 3 is 2.55 bits per heavy atom. The molecule has 0 amide bonds. The van der Waals surface area contributed by atoms with Crippen molar-refractivity contribution in [3.63, 3.8) is 0 Å². The van der Waals surface area contributed by atoms with Gasteiger partial charge in [-0.1, -0.05) is 23.2 Å². The number of sulfonamides is 1. The fourth-order valence-corrected chi connectivity index (χ4v) is 4.74. The molecule has 0 saturated heterocycles. The average molecular weight is 355 g/mol. The summed E-state index contributed by atoms with van der Waals surface area (Å²) in [5.41, 5.74) is 6.00. The second kappa shape index (κ2) is 6.02. The van der Waals surface area contributed by atoms with Crippen molar-refractivity contribution in [3.8, 4) is 0 Å². The highest BCUT2D eigenvalue weighted by molar-refractivity contribution is 8.00. The minimum atomic E-state index is -3.65. The molecule has 3 N–H and O–H groups in total. The molecule has 0 aromatic heterocycles. The summed E-state index contributed by atoms with van der Waals surface area (Å²) in [6.45, 7) is 0.503. The number of hydrogen-bond donors (Lipinski definition) is 2. The van der Waals surface area contributed by atoms with Crippen LogP contribution in [-0.2, 0) is 16.6 Å². The minimum absolute atomic E-state index is 0.0286. The van der Waals surface area contributed by atoms with Crippen molar-refractivity contribution in [3.05, 3.63) is 27.7 Å². The van der Waals surface area contributed by atoms with E-state index in [2.05, 4.69) is 4.72 Å². The smallest absolute Gasteiger partial charge is 0.242 e. The van der Waals surface area contributed by atoms with Crippen molar-refractivity contribution in [1.82, 2.24) is 4.72 Å². The van der Waals surface area contributed by atoms with Crippen LogP contribution >= 0.6 is 35.0 Å². The highest BCUT2D eigenvalue weighted by Gasteiger charge is 2.42. The maximum Gasteiger partial charge on any atom is 0.242 e. The van der Waals surface area contributed by atoms with Gasteiger partial charge < -0.3 is 5.73 Å². The first kappa shape index (κ1) is 16.4. The molecule has 2 rings (SSSR count). The van der Waals surface area contributed by atoms with E-state index in [1.165, 1.54) is 12.1 Å². The zero-order valence-electron chi connectivity index (χ0n) is 10.9. The second-order valence-corrected chi connectivity index (χ2v) is 8.55. The van der Waals surface area contributed by atoms with Crippen molar-refractivity contribution in [1.29, 1.82) is 0 Å². The molecule has 1 aliphatic carbocycles. The van der Waals surface area contributed by atoms with Crippen LogP contribution in [0.4, 0.5) is 0 Å². The zero-order chi connectivity index (χ0) is 15.0. The van der Waals surface area contributed by atoms with E-state index in [-0.39, 0.29) is 21.2 Å². The summed E-state index contributed by atoms with van der Waals surface area (Å²) >= 11 is 13.7. The number of hydrogen-bond acceptors (Lipinski definition) is 4. The molecule has 1 saturated carbocycles. The van der Waals surface area contributed by atoms with E-state index in [0.29, 0.717) is 17.1 Å². The Bertz CT molecular complexity index is 616. The van der Waals surface area contributed by atoms with Crippen LogP contribution in [0.1, 0.15) is 18.4 Å². The van der Waals surface area contributed by atoms with E-state index in [1.807, 2.05) is 6.26 Å². The predicted octanol–water partition coefficient (Wildman–Crippen LogP) is 2.63. The third-order valence-electron chi connectivity index (χ3n) is 3.47. The molecule has 0 heterocycles. The Hall–Kier alpha value is 0.0200. The molecular formula is C12H16Cl2N2O2S2. The fourth-order valence-electron chi connectivity index (χ4n) is 1.87. The lowest BCUT2D eigenvalue weighted by Gasteiger charge is -2.15. The van der Waals surface area contributed by atoms with Crippen molar-refractivity contribution in [2.45, 2.75) is 29.0 Å². The molecule has 1 aromatic carbocycles. The van der Waals surface area contributed by atoms with Gasteiger partial charge in [0.2, 0.25) is 10.0 Å². The molecule has 0 spiro atoms. The average Bonchev–Trinajstić information content (AvgIpc) is 3.17. The summed E-state index contributed by atoms with van der Waals surface area (Å²) in [5, 5.41) is 0.473. The third-order valence-corrected chi connectivity index (χ3v) is 7.23. The van der Waals surface area contributed by atoms with E-state index in [0.717, 1.165) is 12.8 Å².